The predicted molar refractivity (Wildman–Crippen MR) is 163 cm³/mol. The summed E-state index contributed by atoms with van der Waals surface area (Å²) in [4.78, 5) is 33.5. The van der Waals surface area contributed by atoms with Gasteiger partial charge in [0.05, 0.1) is 35.5 Å². The van der Waals surface area contributed by atoms with E-state index < -0.39 is 17.7 Å². The first-order valence-corrected chi connectivity index (χ1v) is 14.8. The predicted octanol–water partition coefficient (Wildman–Crippen LogP) is 6.68. The lowest BCUT2D eigenvalue weighted by Gasteiger charge is -2.23. The molecule has 216 valence electrons. The van der Waals surface area contributed by atoms with Gasteiger partial charge in [-0.3, -0.25) is 14.5 Å². The molecule has 8 nitrogen and oxygen atoms in total. The number of Topliss-reactive ketones (excluding diaryl/α,β-unsaturated/α-hetero) is 1. The molecule has 0 aliphatic carbocycles. The fraction of sp³-hybridized carbons (Fsp3) is 0.303. The molecular weight excluding hydrogens is 552 g/mol. The zero-order valence-electron chi connectivity index (χ0n) is 23.9. The van der Waals surface area contributed by atoms with Gasteiger partial charge in [-0.25, -0.2) is 4.98 Å². The van der Waals surface area contributed by atoms with Crippen LogP contribution in [0.1, 0.15) is 49.9 Å². The molecule has 3 heterocycles. The number of thiazole rings is 1. The van der Waals surface area contributed by atoms with E-state index in [1.54, 1.807) is 25.3 Å². The third-order valence-electron chi connectivity index (χ3n) is 7.54. The van der Waals surface area contributed by atoms with E-state index in [-0.39, 0.29) is 17.4 Å². The number of anilines is 1. The molecule has 1 fully saturated rings. The third-order valence-corrected chi connectivity index (χ3v) is 8.56. The van der Waals surface area contributed by atoms with Gasteiger partial charge >= 0.3 is 5.91 Å². The van der Waals surface area contributed by atoms with Gasteiger partial charge in [0, 0.05) is 12.0 Å². The molecule has 9 heteroatoms. The maximum absolute atomic E-state index is 13.7. The van der Waals surface area contributed by atoms with Gasteiger partial charge in [0.25, 0.3) is 5.78 Å². The van der Waals surface area contributed by atoms with Crippen molar-refractivity contribution in [1.29, 1.82) is 0 Å². The summed E-state index contributed by atoms with van der Waals surface area (Å²) < 4.78 is 18.0. The summed E-state index contributed by atoms with van der Waals surface area (Å²) in [6, 6.07) is 17.2. The summed E-state index contributed by atoms with van der Waals surface area (Å²) in [5.74, 6) is 0.763. The Hall–Kier alpha value is -4.37. The van der Waals surface area contributed by atoms with Crippen LogP contribution in [-0.2, 0) is 16.0 Å². The Morgan fingerprint density at radius 2 is 1.95 bits per heavy atom. The molecule has 0 spiro atoms. The standard InChI is InChI=1S/C33H32N2O6S/c1-18(2)12-13-40-24-7-5-6-20(16-24)29-28(30(36)21-8-11-26-22(15-21)14-19(3)41-26)31(37)32(38)35(29)33-34-25-10-9-23(39-4)17-27(25)42-33/h5-11,15-19,29,36H,12-14H2,1-4H3/b30-28+/t19-,29-/m0/s1. The number of hydrogen-bond acceptors (Lipinski definition) is 8. The van der Waals surface area contributed by atoms with Crippen molar-refractivity contribution in [3.05, 3.63) is 82.9 Å². The van der Waals surface area contributed by atoms with E-state index in [2.05, 4.69) is 13.8 Å². The second-order valence-corrected chi connectivity index (χ2v) is 12.1. The van der Waals surface area contributed by atoms with E-state index in [0.29, 0.717) is 52.2 Å². The van der Waals surface area contributed by atoms with Crippen LogP contribution < -0.4 is 19.1 Å². The molecule has 4 aromatic rings. The Kier molecular flexibility index (Phi) is 7.36. The molecule has 2 atom stereocenters. The lowest BCUT2D eigenvalue weighted by molar-refractivity contribution is -0.132. The minimum Gasteiger partial charge on any atom is -0.507 e. The Morgan fingerprint density at radius 1 is 1.12 bits per heavy atom. The van der Waals surface area contributed by atoms with Crippen molar-refractivity contribution in [3.8, 4) is 17.2 Å². The number of amides is 1. The number of rotatable bonds is 8. The molecular formula is C33H32N2O6S. The first-order chi connectivity index (χ1) is 20.2. The second-order valence-electron chi connectivity index (χ2n) is 11.1. The van der Waals surface area contributed by atoms with Crippen LogP contribution in [0.3, 0.4) is 0 Å². The SMILES string of the molecule is COc1ccc2nc(N3C(=O)C(=O)/C(=C(/O)c4ccc5c(c4)C[C@H](C)O5)[C@@H]3c3cccc(OCCC(C)C)c3)sc2c1. The number of fused-ring (bicyclic) bond motifs is 2. The number of ketones is 1. The van der Waals surface area contributed by atoms with Crippen LogP contribution in [0.4, 0.5) is 5.13 Å². The maximum atomic E-state index is 13.7. The normalized spacial score (nSPS) is 19.4. The second kappa shape index (κ2) is 11.1. The molecule has 3 aromatic carbocycles. The lowest BCUT2D eigenvalue weighted by atomic mass is 9.94. The van der Waals surface area contributed by atoms with Crippen molar-refractivity contribution in [2.45, 2.75) is 45.8 Å². The summed E-state index contributed by atoms with van der Waals surface area (Å²) in [5.41, 5.74) is 2.71. The number of nitrogens with zero attached hydrogens (tertiary/aromatic N) is 2. The van der Waals surface area contributed by atoms with Crippen LogP contribution in [0.25, 0.3) is 16.0 Å². The van der Waals surface area contributed by atoms with E-state index in [1.165, 1.54) is 16.2 Å². The van der Waals surface area contributed by atoms with E-state index in [4.69, 9.17) is 19.2 Å². The smallest absolute Gasteiger partial charge is 0.301 e. The van der Waals surface area contributed by atoms with Gasteiger partial charge in [0.15, 0.2) is 5.13 Å². The van der Waals surface area contributed by atoms with Crippen molar-refractivity contribution in [2.75, 3.05) is 18.6 Å². The molecule has 2 aliphatic rings. The van der Waals surface area contributed by atoms with Gasteiger partial charge in [-0.05, 0) is 78.9 Å². The largest absolute Gasteiger partial charge is 0.507 e. The topological polar surface area (TPSA) is 98.2 Å². The highest BCUT2D eigenvalue weighted by Gasteiger charge is 2.48. The third kappa shape index (κ3) is 5.09. The molecule has 0 unspecified atom stereocenters. The number of hydrogen-bond donors (Lipinski definition) is 1. The number of methoxy groups -OCH3 is 1. The van der Waals surface area contributed by atoms with Crippen molar-refractivity contribution >= 4 is 44.1 Å². The first-order valence-electron chi connectivity index (χ1n) is 14.0. The Bertz CT molecular complexity index is 1720. The number of benzene rings is 3. The highest BCUT2D eigenvalue weighted by Crippen LogP contribution is 2.45. The lowest BCUT2D eigenvalue weighted by Crippen LogP contribution is -2.29. The summed E-state index contributed by atoms with van der Waals surface area (Å²) in [5, 5.41) is 12.0. The van der Waals surface area contributed by atoms with E-state index in [0.717, 1.165) is 22.4 Å². The van der Waals surface area contributed by atoms with Crippen LogP contribution in [0.2, 0.25) is 0 Å². The number of carbonyl (C=O) groups is 2. The molecule has 2 aliphatic heterocycles. The average molecular weight is 585 g/mol. The van der Waals surface area contributed by atoms with Crippen LogP contribution in [0.15, 0.2) is 66.2 Å². The Morgan fingerprint density at radius 3 is 2.74 bits per heavy atom. The van der Waals surface area contributed by atoms with Gasteiger partial charge in [0.1, 0.15) is 29.1 Å². The summed E-state index contributed by atoms with van der Waals surface area (Å²) in [6.07, 6.45) is 1.61. The molecule has 1 aromatic heterocycles. The minimum atomic E-state index is -0.912. The van der Waals surface area contributed by atoms with E-state index in [1.807, 2.05) is 49.4 Å². The quantitative estimate of drug-likeness (QED) is 0.140. The van der Waals surface area contributed by atoms with Crippen LogP contribution in [0.5, 0.6) is 17.2 Å². The summed E-state index contributed by atoms with van der Waals surface area (Å²) in [6.45, 7) is 6.78. The molecule has 0 bridgehead atoms. The molecule has 6 rings (SSSR count). The molecule has 1 N–H and O–H groups in total. The van der Waals surface area contributed by atoms with Crippen molar-refractivity contribution in [3.63, 3.8) is 0 Å². The average Bonchev–Trinajstić information content (AvgIpc) is 3.64. The number of ether oxygens (including phenoxy) is 3. The first kappa shape index (κ1) is 27.8. The minimum absolute atomic E-state index is 0.00285. The molecule has 42 heavy (non-hydrogen) atoms. The summed E-state index contributed by atoms with van der Waals surface area (Å²) >= 11 is 1.29. The fourth-order valence-electron chi connectivity index (χ4n) is 5.38. The van der Waals surface area contributed by atoms with Crippen LogP contribution in [-0.4, -0.2) is 41.6 Å². The highest BCUT2D eigenvalue weighted by atomic mass is 32.1. The van der Waals surface area contributed by atoms with Gasteiger partial charge < -0.3 is 19.3 Å². The fourth-order valence-corrected chi connectivity index (χ4v) is 6.40. The van der Waals surface area contributed by atoms with Crippen molar-refractivity contribution < 1.29 is 28.9 Å². The van der Waals surface area contributed by atoms with Crippen LogP contribution >= 0.6 is 11.3 Å². The van der Waals surface area contributed by atoms with Gasteiger partial charge in [-0.1, -0.05) is 37.3 Å². The molecule has 1 saturated heterocycles. The Labute approximate surface area is 248 Å². The maximum Gasteiger partial charge on any atom is 0.301 e. The molecule has 1 amide bonds. The van der Waals surface area contributed by atoms with E-state index in [9.17, 15) is 14.7 Å². The zero-order valence-corrected chi connectivity index (χ0v) is 24.7. The Balaban J connectivity index is 1.48. The molecule has 0 radical (unpaired) electrons. The number of aliphatic hydroxyl groups is 1. The van der Waals surface area contributed by atoms with Gasteiger partial charge in [0.2, 0.25) is 0 Å². The number of aliphatic hydroxyl groups excluding tert-OH is 1. The molecule has 0 saturated carbocycles. The van der Waals surface area contributed by atoms with Crippen molar-refractivity contribution in [1.82, 2.24) is 4.98 Å². The van der Waals surface area contributed by atoms with Crippen LogP contribution in [0, 0.1) is 5.92 Å². The number of aromatic nitrogens is 1. The van der Waals surface area contributed by atoms with Gasteiger partial charge in [-0.15, -0.1) is 0 Å². The monoisotopic (exact) mass is 584 g/mol. The van der Waals surface area contributed by atoms with Gasteiger partial charge in [-0.2, -0.15) is 0 Å². The number of carbonyl (C=O) groups excluding carboxylic acids is 2. The zero-order chi connectivity index (χ0) is 29.5. The summed E-state index contributed by atoms with van der Waals surface area (Å²) in [7, 11) is 1.59. The highest BCUT2D eigenvalue weighted by molar-refractivity contribution is 7.22. The van der Waals surface area contributed by atoms with Crippen molar-refractivity contribution in [2.24, 2.45) is 5.92 Å². The van der Waals surface area contributed by atoms with E-state index >= 15 is 0 Å².